The fourth-order valence-electron chi connectivity index (χ4n) is 8.48. The van der Waals surface area contributed by atoms with Crippen molar-refractivity contribution in [3.05, 3.63) is 113 Å². The summed E-state index contributed by atoms with van der Waals surface area (Å²) in [6.07, 6.45) is 5.51. The molecule has 7 rings (SSSR count). The number of aromatic nitrogens is 5. The van der Waals surface area contributed by atoms with Crippen molar-refractivity contribution in [2.24, 2.45) is 5.92 Å². The van der Waals surface area contributed by atoms with Gasteiger partial charge in [0, 0.05) is 78.9 Å². The van der Waals surface area contributed by atoms with Crippen molar-refractivity contribution in [3.8, 4) is 17.0 Å². The van der Waals surface area contributed by atoms with E-state index >= 15 is 0 Å². The molecule has 0 spiro atoms. The minimum atomic E-state index is -1.06. The van der Waals surface area contributed by atoms with E-state index in [1.54, 1.807) is 22.8 Å². The molecule has 0 radical (unpaired) electrons. The number of nitrogens with one attached hydrogen (secondary N) is 3. The smallest absolute Gasteiger partial charge is 0.308 e. The summed E-state index contributed by atoms with van der Waals surface area (Å²) in [5, 5.41) is 15.9. The number of carbonyl (C=O) groups excluding carboxylic acids is 3. The monoisotopic (exact) mass is 839 g/mol. The number of nitrogens with zero attached hydrogens (tertiary/aromatic N) is 6. The lowest BCUT2D eigenvalue weighted by atomic mass is 9.77. The van der Waals surface area contributed by atoms with Crippen LogP contribution >= 0.6 is 0 Å². The summed E-state index contributed by atoms with van der Waals surface area (Å²) in [5.74, 6) is -0.216. The van der Waals surface area contributed by atoms with Crippen molar-refractivity contribution in [3.63, 3.8) is 0 Å². The summed E-state index contributed by atoms with van der Waals surface area (Å²) < 4.78 is 20.7. The summed E-state index contributed by atoms with van der Waals surface area (Å²) in [6.45, 7) is 19.1. The average molecular weight is 840 g/mol. The van der Waals surface area contributed by atoms with E-state index in [4.69, 9.17) is 19.7 Å². The Morgan fingerprint density at radius 1 is 1.00 bits per heavy atom. The van der Waals surface area contributed by atoms with E-state index in [1.807, 2.05) is 81.3 Å². The van der Waals surface area contributed by atoms with Gasteiger partial charge in [0.05, 0.1) is 11.9 Å². The van der Waals surface area contributed by atoms with Crippen LogP contribution in [0.3, 0.4) is 0 Å². The molecule has 2 amide bonds. The van der Waals surface area contributed by atoms with Gasteiger partial charge in [-0.2, -0.15) is 19.6 Å². The van der Waals surface area contributed by atoms with Gasteiger partial charge >= 0.3 is 5.97 Å². The Hall–Kier alpha value is -6.70. The zero-order valence-electron chi connectivity index (χ0n) is 36.4. The molecule has 4 heterocycles. The zero-order valence-corrected chi connectivity index (χ0v) is 36.4. The lowest BCUT2D eigenvalue weighted by molar-refractivity contribution is -0.133. The molecule has 322 valence electrons. The Bertz CT molecular complexity index is 2680. The largest absolute Gasteiger partial charge is 0.426 e. The van der Waals surface area contributed by atoms with E-state index in [0.29, 0.717) is 67.5 Å². The highest BCUT2D eigenvalue weighted by Gasteiger charge is 2.33. The van der Waals surface area contributed by atoms with Crippen LogP contribution in [0.5, 0.6) is 5.75 Å². The number of benzene rings is 3. The van der Waals surface area contributed by atoms with Crippen molar-refractivity contribution >= 4 is 51.8 Å². The second-order valence-electron chi connectivity index (χ2n) is 17.1. The van der Waals surface area contributed by atoms with Gasteiger partial charge in [0.1, 0.15) is 5.75 Å². The number of carbonyl (C=O) groups is 3. The van der Waals surface area contributed by atoms with Gasteiger partial charge in [-0.05, 0) is 84.9 Å². The number of hydrogen-bond donors (Lipinski definition) is 3. The first-order valence-corrected chi connectivity index (χ1v) is 21.0. The molecule has 3 aromatic heterocycles. The summed E-state index contributed by atoms with van der Waals surface area (Å²) in [4.78, 5) is 54.1. The lowest BCUT2D eigenvalue weighted by Gasteiger charge is -2.35. The SMILES string of the molecule is C=C(F)C(=O)Nc1ccc2c(-c3ccccc3CNc3nc(NCC4CCN(C(=O)CC(C)(C)c5c(C)cc(C)cc5OC(C)=O)CC4)nc4c(C(C)C)cnn34)nccc2c1. The fourth-order valence-corrected chi connectivity index (χ4v) is 8.48. The molecule has 1 aliphatic rings. The predicted molar refractivity (Wildman–Crippen MR) is 241 cm³/mol. The third kappa shape index (κ3) is 9.59. The quantitative estimate of drug-likeness (QED) is 0.0550. The molecular weight excluding hydrogens is 786 g/mol. The van der Waals surface area contributed by atoms with Crippen molar-refractivity contribution in [2.75, 3.05) is 35.6 Å². The average Bonchev–Trinajstić information content (AvgIpc) is 3.66. The third-order valence-electron chi connectivity index (χ3n) is 11.5. The van der Waals surface area contributed by atoms with Crippen molar-refractivity contribution in [2.45, 2.75) is 85.6 Å². The Kier molecular flexibility index (Phi) is 12.7. The topological polar surface area (TPSA) is 156 Å². The zero-order chi connectivity index (χ0) is 44.3. The molecule has 0 saturated carbocycles. The molecule has 13 nitrogen and oxygen atoms in total. The van der Waals surface area contributed by atoms with Crippen LogP contribution in [-0.4, -0.2) is 66.9 Å². The van der Waals surface area contributed by atoms with E-state index in [-0.39, 0.29) is 17.8 Å². The number of anilines is 3. The second kappa shape index (κ2) is 18.1. The number of fused-ring (bicyclic) bond motifs is 2. The minimum absolute atomic E-state index is 0.0839. The molecule has 1 aliphatic heterocycles. The Balaban J connectivity index is 1.03. The molecule has 0 unspecified atom stereocenters. The van der Waals surface area contributed by atoms with Gasteiger partial charge < -0.3 is 25.6 Å². The van der Waals surface area contributed by atoms with Crippen LogP contribution in [0.25, 0.3) is 27.7 Å². The maximum Gasteiger partial charge on any atom is 0.308 e. The van der Waals surface area contributed by atoms with Gasteiger partial charge in [-0.25, -0.2) is 4.39 Å². The van der Waals surface area contributed by atoms with Gasteiger partial charge in [0.2, 0.25) is 17.8 Å². The number of ether oxygens (including phenoxy) is 1. The third-order valence-corrected chi connectivity index (χ3v) is 11.5. The molecule has 0 aliphatic carbocycles. The van der Waals surface area contributed by atoms with Crippen LogP contribution in [-0.2, 0) is 26.3 Å². The number of hydrogen-bond acceptors (Lipinski definition) is 10. The highest BCUT2D eigenvalue weighted by atomic mass is 19.1. The molecule has 6 aromatic rings. The first-order valence-electron chi connectivity index (χ1n) is 21.0. The van der Waals surface area contributed by atoms with Gasteiger partial charge in [-0.15, -0.1) is 0 Å². The Morgan fingerprint density at radius 2 is 1.76 bits per heavy atom. The highest BCUT2D eigenvalue weighted by molar-refractivity contribution is 6.04. The summed E-state index contributed by atoms with van der Waals surface area (Å²) in [7, 11) is 0. The van der Waals surface area contributed by atoms with Crippen LogP contribution in [0.15, 0.2) is 85.5 Å². The Labute approximate surface area is 361 Å². The lowest BCUT2D eigenvalue weighted by Crippen LogP contribution is -2.42. The van der Waals surface area contributed by atoms with E-state index in [1.165, 1.54) is 6.92 Å². The van der Waals surface area contributed by atoms with E-state index in [0.717, 1.165) is 62.7 Å². The van der Waals surface area contributed by atoms with E-state index < -0.39 is 17.1 Å². The molecule has 14 heteroatoms. The van der Waals surface area contributed by atoms with Crippen molar-refractivity contribution in [1.82, 2.24) is 29.5 Å². The molecule has 62 heavy (non-hydrogen) atoms. The van der Waals surface area contributed by atoms with Gasteiger partial charge in [0.25, 0.3) is 5.91 Å². The molecular formula is C48H54FN9O4. The number of halogens is 1. The molecule has 1 saturated heterocycles. The Morgan fingerprint density at radius 3 is 2.48 bits per heavy atom. The van der Waals surface area contributed by atoms with Crippen LogP contribution in [0.2, 0.25) is 0 Å². The number of pyridine rings is 1. The first kappa shape index (κ1) is 43.4. The number of piperidine rings is 1. The second-order valence-corrected chi connectivity index (χ2v) is 17.1. The van der Waals surface area contributed by atoms with E-state index in [9.17, 15) is 18.8 Å². The van der Waals surface area contributed by atoms with Crippen LogP contribution in [0.4, 0.5) is 22.0 Å². The molecule has 0 atom stereocenters. The normalized spacial score (nSPS) is 13.4. The molecule has 3 aromatic carbocycles. The predicted octanol–water partition coefficient (Wildman–Crippen LogP) is 9.06. The standard InChI is InChI=1S/C48H54FN9O4/c1-28(2)39-27-53-58-44(39)55-46(51-25-33-16-19-57(20-17-33)41(60)24-48(7,8)42-30(4)21-29(3)22-40(42)62-32(6)59)56-47(58)52-26-35-11-9-10-12-37(35)43-38-14-13-36(54-45(61)31(5)49)23-34(38)15-18-50-43/h9-15,18,21-23,27-28,33H,5,16-17,19-20,24-26H2,1-4,6-8H3,(H,54,61)(H2,51,52,55,56). The van der Waals surface area contributed by atoms with Crippen LogP contribution in [0, 0.1) is 19.8 Å². The molecule has 1 fully saturated rings. The summed E-state index contributed by atoms with van der Waals surface area (Å²) in [6, 6.07) is 19.1. The van der Waals surface area contributed by atoms with Crippen molar-refractivity contribution in [1.29, 1.82) is 0 Å². The maximum atomic E-state index is 13.7. The van der Waals surface area contributed by atoms with E-state index in [2.05, 4.69) is 47.5 Å². The number of amides is 2. The van der Waals surface area contributed by atoms with Gasteiger partial charge in [-0.3, -0.25) is 19.4 Å². The fraction of sp³-hybridized carbons (Fsp3) is 0.354. The summed E-state index contributed by atoms with van der Waals surface area (Å²) >= 11 is 0. The van der Waals surface area contributed by atoms with Crippen LogP contribution < -0.4 is 20.7 Å². The maximum absolute atomic E-state index is 13.7. The summed E-state index contributed by atoms with van der Waals surface area (Å²) in [5.41, 5.74) is 7.15. The highest BCUT2D eigenvalue weighted by Crippen LogP contribution is 2.39. The van der Waals surface area contributed by atoms with Crippen molar-refractivity contribution < 1.29 is 23.5 Å². The molecule has 0 bridgehead atoms. The minimum Gasteiger partial charge on any atom is -0.426 e. The number of rotatable bonds is 14. The van der Waals surface area contributed by atoms with Gasteiger partial charge in [-0.1, -0.05) is 70.7 Å². The number of esters is 1. The number of likely N-dealkylation sites (tertiary alicyclic amines) is 1. The number of aryl methyl sites for hydroxylation is 2. The first-order chi connectivity index (χ1) is 29.6. The van der Waals surface area contributed by atoms with Crippen LogP contribution in [0.1, 0.15) is 87.6 Å². The molecule has 3 N–H and O–H groups in total. The van der Waals surface area contributed by atoms with Gasteiger partial charge in [0.15, 0.2) is 11.5 Å².